The third-order valence-electron chi connectivity index (χ3n) is 1.90. The van der Waals surface area contributed by atoms with Crippen LogP contribution in [-0.2, 0) is 14.8 Å². The number of thiocarbonyl (C=S) groups is 1. The van der Waals surface area contributed by atoms with Crippen LogP contribution in [0, 0.1) is 0 Å². The molecule has 1 rings (SSSR count). The summed E-state index contributed by atoms with van der Waals surface area (Å²) in [6, 6.07) is 4.14. The van der Waals surface area contributed by atoms with Crippen molar-refractivity contribution in [2.24, 2.45) is 5.14 Å². The Morgan fingerprint density at radius 3 is 2.44 bits per heavy atom. The second-order valence-electron chi connectivity index (χ2n) is 2.90. The van der Waals surface area contributed by atoms with Gasteiger partial charge in [-0.25, -0.2) is 13.6 Å². The molecule has 0 bridgehead atoms. The number of sulfonamides is 1. The van der Waals surface area contributed by atoms with Crippen LogP contribution in [0.2, 0.25) is 0 Å². The van der Waals surface area contributed by atoms with Gasteiger partial charge in [-0.1, -0.05) is 0 Å². The standard InChI is InChI=1S/C9H11NO4S2/c1-13-8-4-3-6(16(10,11)12)5-7(8)9(15)14-2/h3-5H,1-2H3,(H2,10,11,12). The fourth-order valence-electron chi connectivity index (χ4n) is 1.13. The lowest BCUT2D eigenvalue weighted by atomic mass is 10.2. The first kappa shape index (κ1) is 12.9. The fraction of sp³-hybridized carbons (Fsp3) is 0.222. The number of hydrogen-bond donors (Lipinski definition) is 1. The number of rotatable bonds is 3. The van der Waals surface area contributed by atoms with Gasteiger partial charge in [-0.2, -0.15) is 0 Å². The topological polar surface area (TPSA) is 78.6 Å². The zero-order valence-corrected chi connectivity index (χ0v) is 10.4. The molecular weight excluding hydrogens is 250 g/mol. The van der Waals surface area contributed by atoms with Crippen molar-refractivity contribution >= 4 is 27.3 Å². The summed E-state index contributed by atoms with van der Waals surface area (Å²) in [6.45, 7) is 0. The lowest BCUT2D eigenvalue weighted by molar-refractivity contribution is 0.397. The normalized spacial score (nSPS) is 10.9. The van der Waals surface area contributed by atoms with E-state index in [4.69, 9.17) is 26.8 Å². The SMILES string of the molecule is COC(=S)c1cc(S(N)(=O)=O)ccc1OC. The van der Waals surface area contributed by atoms with Crippen LogP contribution in [0.3, 0.4) is 0 Å². The van der Waals surface area contributed by atoms with Gasteiger partial charge >= 0.3 is 0 Å². The Labute approximate surface area is 99.2 Å². The van der Waals surface area contributed by atoms with E-state index in [2.05, 4.69) is 0 Å². The molecule has 0 aliphatic carbocycles. The summed E-state index contributed by atoms with van der Waals surface area (Å²) in [4.78, 5) is -0.0392. The van der Waals surface area contributed by atoms with Gasteiger partial charge in [0.15, 0.2) is 5.05 Å². The first-order valence-electron chi connectivity index (χ1n) is 4.19. The van der Waals surface area contributed by atoms with E-state index in [1.165, 1.54) is 32.4 Å². The minimum absolute atomic E-state index is 0.0392. The molecule has 5 nitrogen and oxygen atoms in total. The van der Waals surface area contributed by atoms with Crippen molar-refractivity contribution in [2.75, 3.05) is 14.2 Å². The summed E-state index contributed by atoms with van der Waals surface area (Å²) in [5.41, 5.74) is 0.381. The minimum Gasteiger partial charge on any atom is -0.496 e. The molecule has 0 heterocycles. The summed E-state index contributed by atoms with van der Waals surface area (Å²) in [5.74, 6) is 0.430. The van der Waals surface area contributed by atoms with Gasteiger partial charge in [0.05, 0.1) is 24.7 Å². The van der Waals surface area contributed by atoms with Crippen molar-refractivity contribution in [3.63, 3.8) is 0 Å². The van der Waals surface area contributed by atoms with Crippen LogP contribution in [-0.4, -0.2) is 27.7 Å². The Morgan fingerprint density at radius 2 is 2.00 bits per heavy atom. The Hall–Kier alpha value is -1.18. The van der Waals surface area contributed by atoms with Gasteiger partial charge in [0.2, 0.25) is 10.0 Å². The molecule has 88 valence electrons. The van der Waals surface area contributed by atoms with Crippen LogP contribution in [0.1, 0.15) is 5.56 Å². The third kappa shape index (κ3) is 2.69. The Kier molecular flexibility index (Phi) is 3.84. The Balaban J connectivity index is 3.38. The van der Waals surface area contributed by atoms with E-state index >= 15 is 0 Å². The van der Waals surface area contributed by atoms with E-state index < -0.39 is 10.0 Å². The number of hydrogen-bond acceptors (Lipinski definition) is 5. The zero-order chi connectivity index (χ0) is 12.3. The molecule has 16 heavy (non-hydrogen) atoms. The smallest absolute Gasteiger partial charge is 0.238 e. The van der Waals surface area contributed by atoms with Gasteiger partial charge in [-0.3, -0.25) is 0 Å². The van der Waals surface area contributed by atoms with Crippen molar-refractivity contribution in [1.29, 1.82) is 0 Å². The molecule has 0 fully saturated rings. The number of benzene rings is 1. The van der Waals surface area contributed by atoms with Crippen LogP contribution in [0.5, 0.6) is 5.75 Å². The highest BCUT2D eigenvalue weighted by Gasteiger charge is 2.15. The predicted molar refractivity (Wildman–Crippen MR) is 63.1 cm³/mol. The van der Waals surface area contributed by atoms with Gasteiger partial charge in [0.25, 0.3) is 0 Å². The third-order valence-corrected chi connectivity index (χ3v) is 3.20. The second-order valence-corrected chi connectivity index (χ2v) is 4.83. The summed E-state index contributed by atoms with van der Waals surface area (Å²) >= 11 is 4.92. The molecule has 0 saturated heterocycles. The summed E-state index contributed by atoms with van der Waals surface area (Å²) < 4.78 is 32.2. The van der Waals surface area contributed by atoms with Crippen LogP contribution in [0.25, 0.3) is 0 Å². The number of ether oxygens (including phenoxy) is 2. The lowest BCUT2D eigenvalue weighted by Gasteiger charge is -2.09. The van der Waals surface area contributed by atoms with E-state index in [1.54, 1.807) is 0 Å². The molecule has 0 spiro atoms. The van der Waals surface area contributed by atoms with Crippen molar-refractivity contribution in [1.82, 2.24) is 0 Å². The molecule has 0 atom stereocenters. The highest BCUT2D eigenvalue weighted by molar-refractivity contribution is 7.89. The predicted octanol–water partition coefficient (Wildman–Crippen LogP) is 0.665. The summed E-state index contributed by atoms with van der Waals surface area (Å²) in [5, 5.41) is 5.15. The summed E-state index contributed by atoms with van der Waals surface area (Å²) in [7, 11) is -0.916. The fourth-order valence-corrected chi connectivity index (χ4v) is 1.83. The highest BCUT2D eigenvalue weighted by Crippen LogP contribution is 2.22. The average molecular weight is 261 g/mol. The van der Waals surface area contributed by atoms with Gasteiger partial charge in [0.1, 0.15) is 5.75 Å². The van der Waals surface area contributed by atoms with Gasteiger partial charge < -0.3 is 9.47 Å². The number of nitrogens with two attached hydrogens (primary N) is 1. The first-order valence-corrected chi connectivity index (χ1v) is 6.14. The van der Waals surface area contributed by atoms with Crippen LogP contribution >= 0.6 is 12.2 Å². The molecule has 7 heteroatoms. The summed E-state index contributed by atoms with van der Waals surface area (Å²) in [6.07, 6.45) is 0. The molecule has 1 aromatic carbocycles. The van der Waals surface area contributed by atoms with E-state index in [9.17, 15) is 8.42 Å². The maximum Gasteiger partial charge on any atom is 0.238 e. The van der Waals surface area contributed by atoms with Crippen LogP contribution in [0.15, 0.2) is 23.1 Å². The maximum absolute atomic E-state index is 11.1. The van der Waals surface area contributed by atoms with Gasteiger partial charge in [-0.05, 0) is 30.4 Å². The van der Waals surface area contributed by atoms with E-state index in [0.717, 1.165) is 0 Å². The highest BCUT2D eigenvalue weighted by atomic mass is 32.2. The Morgan fingerprint density at radius 1 is 1.38 bits per heavy atom. The molecule has 0 saturated carbocycles. The molecule has 0 amide bonds. The van der Waals surface area contributed by atoms with Crippen molar-refractivity contribution in [3.8, 4) is 5.75 Å². The quantitative estimate of drug-likeness (QED) is 0.809. The minimum atomic E-state index is -3.76. The molecule has 0 radical (unpaired) electrons. The van der Waals surface area contributed by atoms with E-state index in [-0.39, 0.29) is 9.95 Å². The molecule has 0 aliphatic heterocycles. The molecule has 0 unspecified atom stereocenters. The molecule has 1 aromatic rings. The Bertz CT molecular complexity index is 510. The van der Waals surface area contributed by atoms with Crippen molar-refractivity contribution < 1.29 is 17.9 Å². The van der Waals surface area contributed by atoms with Crippen LogP contribution < -0.4 is 9.88 Å². The molecule has 0 aliphatic rings. The molecular formula is C9H11NO4S2. The number of primary sulfonamides is 1. The zero-order valence-electron chi connectivity index (χ0n) is 8.76. The van der Waals surface area contributed by atoms with E-state index in [1.807, 2.05) is 0 Å². The lowest BCUT2D eigenvalue weighted by Crippen LogP contribution is -2.13. The number of methoxy groups -OCH3 is 2. The largest absolute Gasteiger partial charge is 0.496 e. The van der Waals surface area contributed by atoms with Gasteiger partial charge in [0, 0.05) is 0 Å². The average Bonchev–Trinajstić information content (AvgIpc) is 2.25. The molecule has 0 aromatic heterocycles. The molecule has 2 N–H and O–H groups in total. The second kappa shape index (κ2) is 4.77. The van der Waals surface area contributed by atoms with E-state index in [0.29, 0.717) is 11.3 Å². The van der Waals surface area contributed by atoms with Crippen LogP contribution in [0.4, 0.5) is 0 Å². The maximum atomic E-state index is 11.1. The van der Waals surface area contributed by atoms with Crippen molar-refractivity contribution in [3.05, 3.63) is 23.8 Å². The first-order chi connectivity index (χ1) is 7.40. The van der Waals surface area contributed by atoms with Gasteiger partial charge in [-0.15, -0.1) is 0 Å². The van der Waals surface area contributed by atoms with Crippen molar-refractivity contribution in [2.45, 2.75) is 4.90 Å². The monoisotopic (exact) mass is 261 g/mol.